The Kier molecular flexibility index (Phi) is 4.93. The molecule has 1 aromatic carbocycles. The minimum Gasteiger partial charge on any atom is -0.334 e. The monoisotopic (exact) mass is 411 g/mol. The van der Waals surface area contributed by atoms with E-state index in [1.165, 1.54) is 6.20 Å². The molecule has 0 amide bonds. The van der Waals surface area contributed by atoms with Crippen LogP contribution in [-0.4, -0.2) is 26.6 Å². The number of aryl methyl sites for hydroxylation is 2. The first-order chi connectivity index (χ1) is 14.3. The summed E-state index contributed by atoms with van der Waals surface area (Å²) < 4.78 is 41.1. The maximum absolute atomic E-state index is 13.0. The van der Waals surface area contributed by atoms with Crippen molar-refractivity contribution < 1.29 is 13.2 Å². The molecule has 0 aliphatic heterocycles. The fourth-order valence-electron chi connectivity index (χ4n) is 3.46. The lowest BCUT2D eigenvalue weighted by Crippen LogP contribution is -2.13. The lowest BCUT2D eigenvalue weighted by atomic mass is 10.00. The van der Waals surface area contributed by atoms with Gasteiger partial charge in [0.15, 0.2) is 0 Å². The van der Waals surface area contributed by atoms with Crippen molar-refractivity contribution in [2.24, 2.45) is 7.05 Å². The third-order valence-corrected chi connectivity index (χ3v) is 5.16. The molecule has 4 aromatic rings. The van der Waals surface area contributed by atoms with Crippen molar-refractivity contribution in [2.75, 3.05) is 11.9 Å². The number of rotatable bonds is 4. The highest BCUT2D eigenvalue weighted by Crippen LogP contribution is 2.34. The van der Waals surface area contributed by atoms with Crippen molar-refractivity contribution >= 4 is 22.5 Å². The summed E-state index contributed by atoms with van der Waals surface area (Å²) in [5, 5.41) is 0. The van der Waals surface area contributed by atoms with E-state index in [-0.39, 0.29) is 0 Å². The van der Waals surface area contributed by atoms with Gasteiger partial charge in [-0.05, 0) is 35.7 Å². The second-order valence-corrected chi connectivity index (χ2v) is 7.10. The molecule has 8 heteroatoms. The molecule has 0 radical (unpaired) electrons. The smallest absolute Gasteiger partial charge is 0.334 e. The number of benzene rings is 1. The fraction of sp³-hybridized carbons (Fsp3) is 0.227. The lowest BCUT2D eigenvalue weighted by Gasteiger charge is -2.22. The van der Waals surface area contributed by atoms with Crippen LogP contribution in [0.25, 0.3) is 22.2 Å². The van der Waals surface area contributed by atoms with Crippen LogP contribution in [0.1, 0.15) is 18.1 Å². The number of fused-ring (bicyclic) bond motifs is 1. The molecule has 0 N–H and O–H groups in total. The van der Waals surface area contributed by atoms with E-state index in [0.717, 1.165) is 40.4 Å². The van der Waals surface area contributed by atoms with Gasteiger partial charge in [-0.2, -0.15) is 13.2 Å². The van der Waals surface area contributed by atoms with E-state index in [2.05, 4.69) is 15.0 Å². The molecule has 0 unspecified atom stereocenters. The largest absolute Gasteiger partial charge is 0.417 e. The summed E-state index contributed by atoms with van der Waals surface area (Å²) in [4.78, 5) is 14.5. The van der Waals surface area contributed by atoms with Crippen molar-refractivity contribution in [2.45, 2.75) is 19.5 Å². The lowest BCUT2D eigenvalue weighted by molar-refractivity contribution is -0.137. The molecule has 30 heavy (non-hydrogen) atoms. The molecule has 0 aliphatic rings. The minimum atomic E-state index is -4.42. The first-order valence-corrected chi connectivity index (χ1v) is 9.44. The van der Waals surface area contributed by atoms with Gasteiger partial charge in [-0.25, -0.2) is 9.97 Å². The van der Waals surface area contributed by atoms with Crippen LogP contribution in [0, 0.1) is 0 Å². The third-order valence-electron chi connectivity index (χ3n) is 5.16. The Hall–Kier alpha value is -3.42. The van der Waals surface area contributed by atoms with Gasteiger partial charge < -0.3 is 9.47 Å². The van der Waals surface area contributed by atoms with Gasteiger partial charge >= 0.3 is 6.18 Å². The van der Waals surface area contributed by atoms with E-state index in [1.807, 2.05) is 54.8 Å². The summed E-state index contributed by atoms with van der Waals surface area (Å²) in [6, 6.07) is 8.72. The van der Waals surface area contributed by atoms with Gasteiger partial charge in [0.05, 0.1) is 23.6 Å². The first-order valence-electron chi connectivity index (χ1n) is 9.44. The van der Waals surface area contributed by atoms with Crippen molar-refractivity contribution in [1.82, 2.24) is 19.5 Å². The zero-order valence-electron chi connectivity index (χ0n) is 16.8. The van der Waals surface area contributed by atoms with Crippen molar-refractivity contribution in [3.8, 4) is 11.1 Å². The molecule has 0 atom stereocenters. The minimum absolute atomic E-state index is 0.433. The molecule has 3 heterocycles. The zero-order chi connectivity index (χ0) is 21.5. The Bertz CT molecular complexity index is 1210. The van der Waals surface area contributed by atoms with Crippen molar-refractivity contribution in [3.63, 3.8) is 0 Å². The predicted octanol–water partition coefficient (Wildman–Crippen LogP) is 5.38. The Morgan fingerprint density at radius 1 is 1.00 bits per heavy atom. The third kappa shape index (κ3) is 3.60. The Morgan fingerprint density at radius 3 is 2.53 bits per heavy atom. The Morgan fingerprint density at radius 2 is 1.80 bits per heavy atom. The number of halogens is 3. The van der Waals surface area contributed by atoms with E-state index in [4.69, 9.17) is 0 Å². The number of pyridine rings is 2. The van der Waals surface area contributed by atoms with Crippen molar-refractivity contribution in [1.29, 1.82) is 0 Å². The summed E-state index contributed by atoms with van der Waals surface area (Å²) in [5.41, 5.74) is 4.09. The number of hydrogen-bond donors (Lipinski definition) is 0. The number of nitrogens with zero attached hydrogens (tertiary/aromatic N) is 5. The van der Waals surface area contributed by atoms with Gasteiger partial charge in [-0.3, -0.25) is 4.98 Å². The maximum Gasteiger partial charge on any atom is 0.417 e. The van der Waals surface area contributed by atoms with Crippen LogP contribution in [-0.2, 0) is 19.6 Å². The highest BCUT2D eigenvalue weighted by molar-refractivity contribution is 5.79. The topological polar surface area (TPSA) is 46.8 Å². The van der Waals surface area contributed by atoms with Crippen LogP contribution in [0.2, 0.25) is 0 Å². The molecule has 154 valence electrons. The van der Waals surface area contributed by atoms with E-state index < -0.39 is 11.7 Å². The van der Waals surface area contributed by atoms with Crippen LogP contribution < -0.4 is 4.90 Å². The molecular formula is C22H20F3N5. The number of hydrogen-bond acceptors (Lipinski definition) is 4. The van der Waals surface area contributed by atoms with Crippen LogP contribution in [0.4, 0.5) is 24.7 Å². The normalized spacial score (nSPS) is 11.8. The fourth-order valence-corrected chi connectivity index (χ4v) is 3.46. The molecule has 0 fully saturated rings. The average Bonchev–Trinajstić information content (AvgIpc) is 3.12. The molecule has 0 aliphatic carbocycles. The van der Waals surface area contributed by atoms with Crippen LogP contribution >= 0.6 is 0 Å². The molecule has 0 saturated heterocycles. The molecule has 0 bridgehead atoms. The molecule has 4 rings (SSSR count). The number of imidazole rings is 1. The van der Waals surface area contributed by atoms with Gasteiger partial charge in [0.2, 0.25) is 0 Å². The Labute approximate surface area is 171 Å². The van der Waals surface area contributed by atoms with Crippen LogP contribution in [0.5, 0.6) is 0 Å². The molecule has 5 nitrogen and oxygen atoms in total. The standard InChI is InChI=1S/C22H20F3N5/c1-4-14-7-15(16-8-17(11-26-10-16)22(23,24)25)5-6-19(14)30(3)21-9-20-18(12-27-21)28-13-29(20)2/h5-13H,4H2,1-3H3. The second-order valence-electron chi connectivity index (χ2n) is 7.10. The quantitative estimate of drug-likeness (QED) is 0.452. The highest BCUT2D eigenvalue weighted by atomic mass is 19.4. The van der Waals surface area contributed by atoms with E-state index >= 15 is 0 Å². The molecular weight excluding hydrogens is 391 g/mol. The van der Waals surface area contributed by atoms with Gasteiger partial charge in [0.1, 0.15) is 11.3 Å². The van der Waals surface area contributed by atoms with Crippen LogP contribution in [0.15, 0.2) is 55.2 Å². The van der Waals surface area contributed by atoms with E-state index in [1.54, 1.807) is 12.5 Å². The molecule has 0 saturated carbocycles. The molecule has 3 aromatic heterocycles. The van der Waals surface area contributed by atoms with Gasteiger partial charge in [0.25, 0.3) is 0 Å². The van der Waals surface area contributed by atoms with Gasteiger partial charge in [0, 0.05) is 43.8 Å². The molecule has 0 spiro atoms. The second kappa shape index (κ2) is 7.44. The van der Waals surface area contributed by atoms with Crippen molar-refractivity contribution in [3.05, 3.63) is 66.4 Å². The summed E-state index contributed by atoms with van der Waals surface area (Å²) in [6.07, 6.45) is 2.06. The van der Waals surface area contributed by atoms with Gasteiger partial charge in [-0.1, -0.05) is 13.0 Å². The van der Waals surface area contributed by atoms with Gasteiger partial charge in [-0.15, -0.1) is 0 Å². The summed E-state index contributed by atoms with van der Waals surface area (Å²) in [6.45, 7) is 2.01. The van der Waals surface area contributed by atoms with E-state index in [0.29, 0.717) is 17.5 Å². The Balaban J connectivity index is 1.72. The predicted molar refractivity (Wildman–Crippen MR) is 111 cm³/mol. The van der Waals surface area contributed by atoms with Crippen LogP contribution in [0.3, 0.4) is 0 Å². The summed E-state index contributed by atoms with van der Waals surface area (Å²) >= 11 is 0. The van der Waals surface area contributed by atoms with E-state index in [9.17, 15) is 13.2 Å². The maximum atomic E-state index is 13.0. The summed E-state index contributed by atoms with van der Waals surface area (Å²) in [5.74, 6) is 0.759. The zero-order valence-corrected chi connectivity index (χ0v) is 16.8. The SMILES string of the molecule is CCc1cc(-c2cncc(C(F)(F)F)c2)ccc1N(C)c1cc2c(cn1)ncn2C. The number of aromatic nitrogens is 4. The number of alkyl halides is 3. The first kappa shape index (κ1) is 19.9. The summed E-state index contributed by atoms with van der Waals surface area (Å²) in [7, 11) is 3.85. The average molecular weight is 411 g/mol. The highest BCUT2D eigenvalue weighted by Gasteiger charge is 2.31. The number of anilines is 2.